The molecule has 1 aromatic rings. The number of likely N-dealkylation sites (N-methyl/N-ethyl adjacent to an activating group) is 1. The van der Waals surface area contributed by atoms with Crippen LogP contribution in [0.1, 0.15) is 19.4 Å². The molecule has 0 aliphatic heterocycles. The number of nitrogens with two attached hydrogens (primary N) is 1. The van der Waals surface area contributed by atoms with Gasteiger partial charge in [-0.25, -0.2) is 13.1 Å². The van der Waals surface area contributed by atoms with Crippen molar-refractivity contribution in [2.45, 2.75) is 31.7 Å². The van der Waals surface area contributed by atoms with E-state index in [4.69, 9.17) is 5.73 Å². The molecule has 0 aromatic heterocycles. The van der Waals surface area contributed by atoms with E-state index >= 15 is 0 Å². The monoisotopic (exact) mass is 299 g/mol. The second-order valence-electron chi connectivity index (χ2n) is 5.70. The number of rotatable bonds is 6. The van der Waals surface area contributed by atoms with Crippen molar-refractivity contribution in [2.24, 2.45) is 5.92 Å². The van der Waals surface area contributed by atoms with Crippen molar-refractivity contribution in [3.63, 3.8) is 0 Å². The first-order valence-electron chi connectivity index (χ1n) is 6.67. The molecule has 20 heavy (non-hydrogen) atoms. The maximum Gasteiger partial charge on any atom is 0.241 e. The van der Waals surface area contributed by atoms with Gasteiger partial charge >= 0.3 is 0 Å². The van der Waals surface area contributed by atoms with Crippen LogP contribution in [0.25, 0.3) is 0 Å². The number of nitrogen functional groups attached to an aromatic ring is 1. The summed E-state index contributed by atoms with van der Waals surface area (Å²) in [6.07, 6.45) is 0. The molecule has 0 heterocycles. The van der Waals surface area contributed by atoms with Gasteiger partial charge in [0.2, 0.25) is 10.0 Å². The molecule has 114 valence electrons. The third-order valence-corrected chi connectivity index (χ3v) is 4.92. The quantitative estimate of drug-likeness (QED) is 0.779. The Morgan fingerprint density at radius 3 is 2.40 bits per heavy atom. The zero-order chi connectivity index (χ0) is 15.5. The van der Waals surface area contributed by atoms with E-state index in [-0.39, 0.29) is 16.9 Å². The van der Waals surface area contributed by atoms with E-state index in [0.717, 1.165) is 0 Å². The lowest BCUT2D eigenvalue weighted by atomic mass is 10.1. The fourth-order valence-electron chi connectivity index (χ4n) is 1.96. The smallest absolute Gasteiger partial charge is 0.241 e. The van der Waals surface area contributed by atoms with Gasteiger partial charge in [0.15, 0.2) is 0 Å². The molecule has 0 amide bonds. The van der Waals surface area contributed by atoms with Crippen LogP contribution in [0.5, 0.6) is 0 Å². The topological polar surface area (TPSA) is 75.4 Å². The zero-order valence-electron chi connectivity index (χ0n) is 12.8. The van der Waals surface area contributed by atoms with E-state index in [9.17, 15) is 8.42 Å². The van der Waals surface area contributed by atoms with Crippen LogP contribution in [-0.4, -0.2) is 40.0 Å². The van der Waals surface area contributed by atoms with Crippen LogP contribution < -0.4 is 10.5 Å². The molecular weight excluding hydrogens is 274 g/mol. The number of anilines is 1. The van der Waals surface area contributed by atoms with Crippen molar-refractivity contribution < 1.29 is 8.42 Å². The Balaban J connectivity index is 3.07. The van der Waals surface area contributed by atoms with Crippen molar-refractivity contribution in [1.29, 1.82) is 0 Å². The zero-order valence-corrected chi connectivity index (χ0v) is 13.7. The summed E-state index contributed by atoms with van der Waals surface area (Å²) in [5.74, 6) is 0.202. The predicted molar refractivity (Wildman–Crippen MR) is 83.1 cm³/mol. The first-order valence-corrected chi connectivity index (χ1v) is 8.15. The summed E-state index contributed by atoms with van der Waals surface area (Å²) in [5.41, 5.74) is 6.87. The molecule has 0 fully saturated rings. The Morgan fingerprint density at radius 2 is 1.90 bits per heavy atom. The largest absolute Gasteiger partial charge is 0.398 e. The highest BCUT2D eigenvalue weighted by Gasteiger charge is 2.24. The van der Waals surface area contributed by atoms with Gasteiger partial charge in [-0.2, -0.15) is 0 Å². The van der Waals surface area contributed by atoms with Gasteiger partial charge in [-0.3, -0.25) is 0 Å². The lowest BCUT2D eigenvalue weighted by Gasteiger charge is -2.25. The van der Waals surface area contributed by atoms with Crippen LogP contribution in [-0.2, 0) is 10.0 Å². The summed E-state index contributed by atoms with van der Waals surface area (Å²) in [7, 11) is 0.292. The Kier molecular flexibility index (Phi) is 5.56. The first kappa shape index (κ1) is 16.9. The summed E-state index contributed by atoms with van der Waals surface area (Å²) in [5, 5.41) is 0. The summed E-state index contributed by atoms with van der Waals surface area (Å²) < 4.78 is 27.8. The fraction of sp³-hybridized carbons (Fsp3) is 0.571. The molecule has 0 radical (unpaired) electrons. The number of nitrogens with one attached hydrogen (secondary N) is 1. The molecule has 1 unspecified atom stereocenters. The van der Waals surface area contributed by atoms with Gasteiger partial charge in [0, 0.05) is 18.3 Å². The van der Waals surface area contributed by atoms with Crippen molar-refractivity contribution in [3.05, 3.63) is 23.8 Å². The average molecular weight is 299 g/mol. The number of hydrogen-bond acceptors (Lipinski definition) is 4. The van der Waals surface area contributed by atoms with E-state index in [1.54, 1.807) is 25.1 Å². The van der Waals surface area contributed by atoms with Crippen LogP contribution in [0, 0.1) is 12.8 Å². The Hall–Kier alpha value is -1.11. The number of sulfonamides is 1. The highest BCUT2D eigenvalue weighted by molar-refractivity contribution is 7.89. The second-order valence-corrected chi connectivity index (χ2v) is 7.39. The molecule has 0 bridgehead atoms. The highest BCUT2D eigenvalue weighted by Crippen LogP contribution is 2.21. The van der Waals surface area contributed by atoms with Crippen LogP contribution >= 0.6 is 0 Å². The van der Waals surface area contributed by atoms with Gasteiger partial charge in [0.1, 0.15) is 0 Å². The van der Waals surface area contributed by atoms with E-state index < -0.39 is 10.0 Å². The van der Waals surface area contributed by atoms with Gasteiger partial charge < -0.3 is 10.6 Å². The summed E-state index contributed by atoms with van der Waals surface area (Å²) >= 11 is 0. The molecule has 0 spiro atoms. The standard InChI is InChI=1S/C14H25N3O2S/c1-10(2)13(9-17(4)5)16-20(18,19)14-8-6-7-12(15)11(14)3/h6-8,10,13,16H,9,15H2,1-5H3. The molecule has 3 N–H and O–H groups in total. The molecule has 1 rings (SSSR count). The van der Waals surface area contributed by atoms with Crippen LogP contribution in [0.2, 0.25) is 0 Å². The maximum atomic E-state index is 12.5. The van der Waals surface area contributed by atoms with Crippen molar-refractivity contribution >= 4 is 15.7 Å². The van der Waals surface area contributed by atoms with Gasteiger partial charge in [0.05, 0.1) is 4.90 Å². The lowest BCUT2D eigenvalue weighted by molar-refractivity contribution is 0.314. The van der Waals surface area contributed by atoms with Crippen molar-refractivity contribution in [1.82, 2.24) is 9.62 Å². The summed E-state index contributed by atoms with van der Waals surface area (Å²) in [4.78, 5) is 2.22. The maximum absolute atomic E-state index is 12.5. The molecule has 0 aliphatic rings. The first-order chi connectivity index (χ1) is 9.15. The van der Waals surface area contributed by atoms with Gasteiger partial charge in [-0.1, -0.05) is 19.9 Å². The SMILES string of the molecule is Cc1c(N)cccc1S(=O)(=O)NC(CN(C)C)C(C)C. The van der Waals surface area contributed by atoms with Crippen molar-refractivity contribution in [2.75, 3.05) is 26.4 Å². The molecule has 0 aliphatic carbocycles. The molecule has 6 heteroatoms. The molecule has 1 aromatic carbocycles. The number of benzene rings is 1. The van der Waals surface area contributed by atoms with Crippen LogP contribution in [0.4, 0.5) is 5.69 Å². The Morgan fingerprint density at radius 1 is 1.30 bits per heavy atom. The number of hydrogen-bond donors (Lipinski definition) is 2. The second kappa shape index (κ2) is 6.56. The third kappa shape index (κ3) is 4.19. The summed E-state index contributed by atoms with van der Waals surface area (Å²) in [6.45, 7) is 6.38. The van der Waals surface area contributed by atoms with E-state index in [2.05, 4.69) is 4.72 Å². The van der Waals surface area contributed by atoms with Gasteiger partial charge in [-0.05, 0) is 44.6 Å². The molecule has 0 saturated carbocycles. The molecular formula is C14H25N3O2S. The fourth-order valence-corrected chi connectivity index (χ4v) is 3.61. The minimum absolute atomic E-state index is 0.143. The predicted octanol–water partition coefficient (Wildman–Crippen LogP) is 1.44. The van der Waals surface area contributed by atoms with Gasteiger partial charge in [-0.15, -0.1) is 0 Å². The third-order valence-electron chi connectivity index (χ3n) is 3.29. The minimum atomic E-state index is -3.56. The average Bonchev–Trinajstić information content (AvgIpc) is 2.30. The Labute approximate surface area is 122 Å². The molecule has 5 nitrogen and oxygen atoms in total. The van der Waals surface area contributed by atoms with E-state index in [1.165, 1.54) is 0 Å². The molecule has 1 atom stereocenters. The minimum Gasteiger partial charge on any atom is -0.398 e. The van der Waals surface area contributed by atoms with E-state index in [0.29, 0.717) is 17.8 Å². The van der Waals surface area contributed by atoms with E-state index in [1.807, 2.05) is 32.8 Å². The van der Waals surface area contributed by atoms with Crippen molar-refractivity contribution in [3.8, 4) is 0 Å². The summed E-state index contributed by atoms with van der Waals surface area (Å²) in [6, 6.07) is 4.80. The molecule has 0 saturated heterocycles. The van der Waals surface area contributed by atoms with Gasteiger partial charge in [0.25, 0.3) is 0 Å². The van der Waals surface area contributed by atoms with Crippen LogP contribution in [0.15, 0.2) is 23.1 Å². The number of nitrogens with zero attached hydrogens (tertiary/aromatic N) is 1. The van der Waals surface area contributed by atoms with Crippen LogP contribution in [0.3, 0.4) is 0 Å². The highest BCUT2D eigenvalue weighted by atomic mass is 32.2. The lowest BCUT2D eigenvalue weighted by Crippen LogP contribution is -2.45. The Bertz CT molecular complexity index is 554. The normalized spacial score (nSPS) is 13.9.